The van der Waals surface area contributed by atoms with E-state index in [-0.39, 0.29) is 0 Å². The van der Waals surface area contributed by atoms with E-state index in [2.05, 4.69) is 9.97 Å². The Balaban J connectivity index is 2.24. The topological polar surface area (TPSA) is 38.7 Å². The largest absolute Gasteiger partial charge is 0.247 e. The Bertz CT molecular complexity index is 1010. The van der Waals surface area contributed by atoms with Crippen molar-refractivity contribution in [1.29, 1.82) is 0 Å². The summed E-state index contributed by atoms with van der Waals surface area (Å²) in [5.41, 5.74) is 2.33. The number of nitrogens with zero attached hydrogens (tertiary/aromatic N) is 3. The van der Waals surface area contributed by atoms with Crippen LogP contribution in [0.3, 0.4) is 0 Å². The number of para-hydroxylation sites is 1. The highest BCUT2D eigenvalue weighted by Crippen LogP contribution is 2.37. The molecular weight excluding hydrogens is 317 g/mol. The van der Waals surface area contributed by atoms with Crippen molar-refractivity contribution in [2.45, 2.75) is 0 Å². The van der Waals surface area contributed by atoms with Gasteiger partial charge in [-0.05, 0) is 29.7 Å². The molecule has 22 heavy (non-hydrogen) atoms. The first kappa shape index (κ1) is 13.4. The molecule has 1 aromatic carbocycles. The van der Waals surface area contributed by atoms with Crippen molar-refractivity contribution in [2.24, 2.45) is 0 Å². The van der Waals surface area contributed by atoms with Crippen molar-refractivity contribution in [3.05, 3.63) is 65.2 Å². The van der Waals surface area contributed by atoms with Gasteiger partial charge in [0.25, 0.3) is 0 Å². The fourth-order valence-corrected chi connectivity index (χ4v) is 3.08. The molecular formula is C17H9Cl2N3. The minimum absolute atomic E-state index is 0.395. The van der Waals surface area contributed by atoms with E-state index in [1.54, 1.807) is 12.4 Å². The quantitative estimate of drug-likeness (QED) is 0.358. The molecule has 3 aromatic heterocycles. The molecule has 0 saturated carbocycles. The minimum Gasteiger partial charge on any atom is -0.247 e. The molecule has 106 valence electrons. The van der Waals surface area contributed by atoms with E-state index in [0.29, 0.717) is 16.0 Å². The molecule has 0 bridgehead atoms. The maximum atomic E-state index is 6.35. The Morgan fingerprint density at radius 1 is 0.727 bits per heavy atom. The van der Waals surface area contributed by atoms with Crippen LogP contribution in [0.1, 0.15) is 0 Å². The monoisotopic (exact) mass is 325 g/mol. The Morgan fingerprint density at radius 3 is 2.41 bits per heavy atom. The average molecular weight is 326 g/mol. The number of fused-ring (bicyclic) bond motifs is 3. The predicted octanol–water partition coefficient (Wildman–Crippen LogP) is 5.15. The zero-order valence-electron chi connectivity index (χ0n) is 11.3. The van der Waals surface area contributed by atoms with Crippen LogP contribution in [-0.2, 0) is 0 Å². The maximum absolute atomic E-state index is 6.35. The van der Waals surface area contributed by atoms with Crippen LogP contribution in [0, 0.1) is 0 Å². The van der Waals surface area contributed by atoms with Gasteiger partial charge >= 0.3 is 0 Å². The van der Waals surface area contributed by atoms with Gasteiger partial charge in [0.15, 0.2) is 0 Å². The summed E-state index contributed by atoms with van der Waals surface area (Å²) < 4.78 is 0. The normalized spacial score (nSPS) is 11.2. The first-order chi connectivity index (χ1) is 10.8. The number of benzene rings is 1. The summed E-state index contributed by atoms with van der Waals surface area (Å²) >= 11 is 12.6. The number of hydrogen-bond donors (Lipinski definition) is 0. The van der Waals surface area contributed by atoms with E-state index in [4.69, 9.17) is 28.2 Å². The van der Waals surface area contributed by atoms with Gasteiger partial charge in [0.2, 0.25) is 0 Å². The second-order valence-corrected chi connectivity index (χ2v) is 5.56. The first-order valence-electron chi connectivity index (χ1n) is 6.69. The third-order valence-electron chi connectivity index (χ3n) is 3.58. The smallest absolute Gasteiger partial charge is 0.139 e. The number of pyridine rings is 3. The molecule has 0 unspecified atom stereocenters. The third-order valence-corrected chi connectivity index (χ3v) is 4.17. The molecule has 5 heteroatoms. The average Bonchev–Trinajstić information content (AvgIpc) is 2.55. The molecule has 0 atom stereocenters. The van der Waals surface area contributed by atoms with Gasteiger partial charge in [-0.1, -0.05) is 41.4 Å². The van der Waals surface area contributed by atoms with Gasteiger partial charge in [0.05, 0.1) is 11.2 Å². The molecule has 0 spiro atoms. The van der Waals surface area contributed by atoms with Crippen LogP contribution in [0.4, 0.5) is 0 Å². The SMILES string of the molecule is Clc1ncccc1-c1nc2ccccc2c2ccnc(Cl)c12. The summed E-state index contributed by atoms with van der Waals surface area (Å²) in [6.45, 7) is 0. The Hall–Kier alpha value is -2.23. The van der Waals surface area contributed by atoms with Crippen molar-refractivity contribution in [1.82, 2.24) is 15.0 Å². The number of halogens is 2. The molecule has 0 aliphatic rings. The van der Waals surface area contributed by atoms with E-state index in [1.165, 1.54) is 0 Å². The molecule has 4 rings (SSSR count). The molecule has 0 aliphatic carbocycles. The van der Waals surface area contributed by atoms with Gasteiger partial charge in [-0.15, -0.1) is 0 Å². The lowest BCUT2D eigenvalue weighted by atomic mass is 10.0. The predicted molar refractivity (Wildman–Crippen MR) is 90.3 cm³/mol. The molecule has 0 radical (unpaired) electrons. The first-order valence-corrected chi connectivity index (χ1v) is 7.45. The van der Waals surface area contributed by atoms with Crippen LogP contribution in [0.15, 0.2) is 54.9 Å². The van der Waals surface area contributed by atoms with Crippen molar-refractivity contribution in [3.8, 4) is 11.3 Å². The highest BCUT2D eigenvalue weighted by Gasteiger charge is 2.15. The lowest BCUT2D eigenvalue weighted by molar-refractivity contribution is 1.30. The highest BCUT2D eigenvalue weighted by atomic mass is 35.5. The van der Waals surface area contributed by atoms with Gasteiger partial charge in [0.1, 0.15) is 10.3 Å². The van der Waals surface area contributed by atoms with Gasteiger partial charge in [0, 0.05) is 28.7 Å². The molecule has 0 amide bonds. The van der Waals surface area contributed by atoms with Crippen LogP contribution >= 0.6 is 23.2 Å². The molecule has 0 N–H and O–H groups in total. The van der Waals surface area contributed by atoms with Crippen LogP contribution in [0.2, 0.25) is 10.3 Å². The van der Waals surface area contributed by atoms with Gasteiger partial charge in [-0.2, -0.15) is 0 Å². The molecule has 3 heterocycles. The highest BCUT2D eigenvalue weighted by molar-refractivity contribution is 6.37. The summed E-state index contributed by atoms with van der Waals surface area (Å²) in [4.78, 5) is 13.1. The van der Waals surface area contributed by atoms with Crippen molar-refractivity contribution in [2.75, 3.05) is 0 Å². The van der Waals surface area contributed by atoms with E-state index in [9.17, 15) is 0 Å². The Kier molecular flexibility index (Phi) is 3.17. The van der Waals surface area contributed by atoms with E-state index in [1.807, 2.05) is 42.5 Å². The fraction of sp³-hybridized carbons (Fsp3) is 0. The van der Waals surface area contributed by atoms with Crippen LogP contribution in [0.25, 0.3) is 32.9 Å². The van der Waals surface area contributed by atoms with Gasteiger partial charge in [-0.25, -0.2) is 15.0 Å². The summed E-state index contributed by atoms with van der Waals surface area (Å²) in [5, 5.41) is 3.63. The Labute approximate surface area is 136 Å². The fourth-order valence-electron chi connectivity index (χ4n) is 2.62. The zero-order chi connectivity index (χ0) is 15.1. The summed E-state index contributed by atoms with van der Waals surface area (Å²) in [6.07, 6.45) is 3.35. The molecule has 0 aliphatic heterocycles. The van der Waals surface area contributed by atoms with Crippen LogP contribution in [-0.4, -0.2) is 15.0 Å². The van der Waals surface area contributed by atoms with E-state index >= 15 is 0 Å². The number of hydrogen-bond acceptors (Lipinski definition) is 3. The van der Waals surface area contributed by atoms with E-state index < -0.39 is 0 Å². The zero-order valence-corrected chi connectivity index (χ0v) is 12.8. The number of rotatable bonds is 1. The Morgan fingerprint density at radius 2 is 1.55 bits per heavy atom. The summed E-state index contributed by atoms with van der Waals surface area (Å²) in [6, 6.07) is 13.6. The standard InChI is InChI=1S/C17H9Cl2N3/c18-16-12(5-3-8-20-16)15-14-11(7-9-21-17(14)19)10-4-1-2-6-13(10)22-15/h1-9H. The second-order valence-electron chi connectivity index (χ2n) is 4.84. The van der Waals surface area contributed by atoms with Crippen molar-refractivity contribution in [3.63, 3.8) is 0 Å². The van der Waals surface area contributed by atoms with Gasteiger partial charge in [-0.3, -0.25) is 0 Å². The molecule has 0 saturated heterocycles. The third kappa shape index (κ3) is 2.02. The van der Waals surface area contributed by atoms with Crippen LogP contribution < -0.4 is 0 Å². The van der Waals surface area contributed by atoms with Crippen molar-refractivity contribution < 1.29 is 0 Å². The second kappa shape index (κ2) is 5.20. The molecule has 4 aromatic rings. The summed E-state index contributed by atoms with van der Waals surface area (Å²) in [7, 11) is 0. The molecule has 0 fully saturated rings. The lowest BCUT2D eigenvalue weighted by Crippen LogP contribution is -1.93. The molecule has 3 nitrogen and oxygen atoms in total. The maximum Gasteiger partial charge on any atom is 0.139 e. The van der Waals surface area contributed by atoms with E-state index in [0.717, 1.165) is 27.2 Å². The lowest BCUT2D eigenvalue weighted by Gasteiger charge is -2.11. The van der Waals surface area contributed by atoms with Gasteiger partial charge < -0.3 is 0 Å². The van der Waals surface area contributed by atoms with Crippen LogP contribution in [0.5, 0.6) is 0 Å². The minimum atomic E-state index is 0.395. The summed E-state index contributed by atoms with van der Waals surface area (Å²) in [5.74, 6) is 0. The van der Waals surface area contributed by atoms with Crippen molar-refractivity contribution >= 4 is 44.9 Å². The number of aromatic nitrogens is 3.